The van der Waals surface area contributed by atoms with Crippen LogP contribution in [0, 0.1) is 0 Å². The van der Waals surface area contributed by atoms with E-state index in [9.17, 15) is 9.59 Å². The molecule has 0 saturated carbocycles. The predicted octanol–water partition coefficient (Wildman–Crippen LogP) is 2.98. The molecule has 2 aromatic carbocycles. The summed E-state index contributed by atoms with van der Waals surface area (Å²) < 4.78 is 0. The van der Waals surface area contributed by atoms with Gasteiger partial charge in [-0.2, -0.15) is 0 Å². The molecule has 1 unspecified atom stereocenters. The van der Waals surface area contributed by atoms with Crippen molar-refractivity contribution in [1.29, 1.82) is 0 Å². The van der Waals surface area contributed by atoms with E-state index >= 15 is 0 Å². The van der Waals surface area contributed by atoms with E-state index in [0.717, 1.165) is 16.8 Å². The Hall–Kier alpha value is -3.67. The van der Waals surface area contributed by atoms with Crippen LogP contribution in [0.25, 0.3) is 6.08 Å². The monoisotopic (exact) mass is 398 g/mol. The Morgan fingerprint density at radius 3 is 2.70 bits per heavy atom. The van der Waals surface area contributed by atoms with Crippen molar-refractivity contribution in [1.82, 2.24) is 9.97 Å². The number of H-pyrrole nitrogens is 1. The van der Waals surface area contributed by atoms with E-state index < -0.39 is 5.41 Å². The lowest BCUT2D eigenvalue weighted by Crippen LogP contribution is -2.42. The zero-order valence-electron chi connectivity index (χ0n) is 16.5. The summed E-state index contributed by atoms with van der Waals surface area (Å²) in [6, 6.07) is 19.6. The summed E-state index contributed by atoms with van der Waals surface area (Å²) in [5.74, 6) is 0.733. The van der Waals surface area contributed by atoms with Gasteiger partial charge in [0.15, 0.2) is 0 Å². The van der Waals surface area contributed by atoms with Gasteiger partial charge in [-0.25, -0.2) is 4.98 Å². The van der Waals surface area contributed by atoms with Crippen LogP contribution in [0.3, 0.4) is 0 Å². The number of para-hydroxylation sites is 1. The van der Waals surface area contributed by atoms with Gasteiger partial charge in [0.1, 0.15) is 5.82 Å². The number of anilines is 2. The molecule has 1 atom stereocenters. The number of fused-ring (bicyclic) bond motifs is 2. The van der Waals surface area contributed by atoms with Gasteiger partial charge in [0.25, 0.3) is 5.56 Å². The predicted molar refractivity (Wildman–Crippen MR) is 118 cm³/mol. The van der Waals surface area contributed by atoms with Gasteiger partial charge < -0.3 is 14.8 Å². The maximum atomic E-state index is 13.6. The molecule has 0 bridgehead atoms. The van der Waals surface area contributed by atoms with Gasteiger partial charge in [-0.1, -0.05) is 60.7 Å². The molecule has 6 nitrogen and oxygen atoms in total. The second-order valence-electron chi connectivity index (χ2n) is 7.77. The molecule has 1 amide bonds. The van der Waals surface area contributed by atoms with E-state index in [2.05, 4.69) is 16.0 Å². The number of aromatic amines is 1. The first-order valence-electron chi connectivity index (χ1n) is 10.1. The number of nitrogens with one attached hydrogen (secondary N) is 1. The van der Waals surface area contributed by atoms with Crippen LogP contribution in [0.15, 0.2) is 77.9 Å². The van der Waals surface area contributed by atoms with E-state index in [1.54, 1.807) is 0 Å². The summed E-state index contributed by atoms with van der Waals surface area (Å²) in [5.41, 5.74) is 2.37. The van der Waals surface area contributed by atoms with Crippen molar-refractivity contribution < 1.29 is 4.79 Å². The number of amides is 1. The first-order chi connectivity index (χ1) is 14.7. The molecule has 5 rings (SSSR count). The largest absolute Gasteiger partial charge is 0.355 e. The fraction of sp³-hybridized carbons (Fsp3) is 0.208. The number of nitrogens with zero attached hydrogens (tertiary/aromatic N) is 3. The zero-order valence-corrected chi connectivity index (χ0v) is 16.5. The molecule has 3 heterocycles. The second kappa shape index (κ2) is 7.30. The van der Waals surface area contributed by atoms with Crippen molar-refractivity contribution in [3.05, 3.63) is 94.5 Å². The number of hydrogen-bond acceptors (Lipinski definition) is 4. The lowest BCUT2D eigenvalue weighted by molar-refractivity contribution is -0.122. The third kappa shape index (κ3) is 3.01. The molecule has 0 aliphatic carbocycles. The highest BCUT2D eigenvalue weighted by atomic mass is 16.2. The Balaban J connectivity index is 1.44. The van der Waals surface area contributed by atoms with E-state index in [0.29, 0.717) is 31.9 Å². The fourth-order valence-corrected chi connectivity index (χ4v) is 4.57. The summed E-state index contributed by atoms with van der Waals surface area (Å²) in [5, 5.41) is 0. The van der Waals surface area contributed by atoms with Gasteiger partial charge in [-0.15, -0.1) is 0 Å². The van der Waals surface area contributed by atoms with Crippen LogP contribution in [-0.4, -0.2) is 35.5 Å². The van der Waals surface area contributed by atoms with E-state index in [4.69, 9.17) is 0 Å². The van der Waals surface area contributed by atoms with Gasteiger partial charge in [0, 0.05) is 31.4 Å². The Morgan fingerprint density at radius 2 is 1.87 bits per heavy atom. The summed E-state index contributed by atoms with van der Waals surface area (Å²) in [6.45, 7) is 1.73. The minimum absolute atomic E-state index is 0.119. The summed E-state index contributed by atoms with van der Waals surface area (Å²) >= 11 is 0. The minimum Gasteiger partial charge on any atom is -0.355 e. The second-order valence-corrected chi connectivity index (χ2v) is 7.77. The van der Waals surface area contributed by atoms with Crippen LogP contribution in [0.2, 0.25) is 0 Å². The summed E-state index contributed by atoms with van der Waals surface area (Å²) in [6.07, 6.45) is 6.19. The topological polar surface area (TPSA) is 69.3 Å². The lowest BCUT2D eigenvalue weighted by atomic mass is 9.81. The van der Waals surface area contributed by atoms with Crippen LogP contribution in [0.5, 0.6) is 0 Å². The van der Waals surface area contributed by atoms with Gasteiger partial charge in [0.05, 0.1) is 11.7 Å². The number of carbonyl (C=O) groups is 1. The highest BCUT2D eigenvalue weighted by Gasteiger charge is 2.54. The van der Waals surface area contributed by atoms with Crippen LogP contribution in [0.1, 0.15) is 17.5 Å². The number of hydrogen-bond donors (Lipinski definition) is 1. The van der Waals surface area contributed by atoms with Crippen molar-refractivity contribution in [3.63, 3.8) is 0 Å². The van der Waals surface area contributed by atoms with Gasteiger partial charge in [-0.3, -0.25) is 9.59 Å². The van der Waals surface area contributed by atoms with Crippen LogP contribution in [0.4, 0.5) is 11.5 Å². The molecule has 2 aliphatic rings. The number of rotatable bonds is 4. The molecule has 6 heteroatoms. The molecule has 150 valence electrons. The minimum atomic E-state index is -0.596. The van der Waals surface area contributed by atoms with E-state index in [-0.39, 0.29) is 11.5 Å². The van der Waals surface area contributed by atoms with Crippen molar-refractivity contribution in [3.8, 4) is 0 Å². The Kier molecular flexibility index (Phi) is 4.47. The molecule has 2 aliphatic heterocycles. The van der Waals surface area contributed by atoms with Crippen molar-refractivity contribution >= 4 is 23.5 Å². The molecule has 1 N–H and O–H groups in total. The molecule has 0 radical (unpaired) electrons. The van der Waals surface area contributed by atoms with E-state index in [1.165, 1.54) is 12.4 Å². The van der Waals surface area contributed by atoms with Crippen molar-refractivity contribution in [2.24, 2.45) is 0 Å². The number of benzene rings is 2. The molecule has 1 fully saturated rings. The van der Waals surface area contributed by atoms with Gasteiger partial charge >= 0.3 is 0 Å². The molecular weight excluding hydrogens is 376 g/mol. The Morgan fingerprint density at radius 1 is 1.07 bits per heavy atom. The Labute approximate surface area is 174 Å². The maximum absolute atomic E-state index is 13.6. The molecule has 3 aromatic rings. The van der Waals surface area contributed by atoms with Crippen LogP contribution < -0.4 is 15.4 Å². The highest BCUT2D eigenvalue weighted by Crippen LogP contribution is 2.47. The SMILES string of the molecule is O=C1N(C/C=C/c2ccccc2)c2ccccc2C12CCN(c1cc(=O)[nH]cn1)C2. The average Bonchev–Trinajstić information content (AvgIpc) is 3.32. The lowest BCUT2D eigenvalue weighted by Gasteiger charge is -2.24. The zero-order chi connectivity index (χ0) is 20.6. The summed E-state index contributed by atoms with van der Waals surface area (Å²) in [7, 11) is 0. The molecule has 1 spiro atoms. The third-order valence-corrected chi connectivity index (χ3v) is 6.02. The maximum Gasteiger partial charge on any atom is 0.252 e. The third-order valence-electron chi connectivity index (χ3n) is 6.02. The van der Waals surface area contributed by atoms with Gasteiger partial charge in [-0.05, 0) is 23.6 Å². The number of aromatic nitrogens is 2. The molecule has 1 aromatic heterocycles. The van der Waals surface area contributed by atoms with Crippen LogP contribution >= 0.6 is 0 Å². The normalized spacial score (nSPS) is 20.5. The first-order valence-corrected chi connectivity index (χ1v) is 10.1. The van der Waals surface area contributed by atoms with Crippen LogP contribution in [-0.2, 0) is 10.2 Å². The number of carbonyl (C=O) groups excluding carboxylic acids is 1. The standard InChI is InChI=1S/C24H22N4O2/c29-22-15-21(25-17-26-22)27-14-12-24(16-27)19-10-4-5-11-20(19)28(23(24)30)13-6-9-18-7-2-1-3-8-18/h1-11,15,17H,12-14,16H2,(H,25,26,29)/b9-6+. The molecular formula is C24H22N4O2. The highest BCUT2D eigenvalue weighted by molar-refractivity contribution is 6.09. The quantitative estimate of drug-likeness (QED) is 0.734. The molecule has 1 saturated heterocycles. The molecule has 30 heavy (non-hydrogen) atoms. The average molecular weight is 398 g/mol. The first kappa shape index (κ1) is 18.4. The Bertz CT molecular complexity index is 1170. The fourth-order valence-electron chi connectivity index (χ4n) is 4.57. The van der Waals surface area contributed by atoms with Crippen molar-refractivity contribution in [2.45, 2.75) is 11.8 Å². The van der Waals surface area contributed by atoms with Crippen molar-refractivity contribution in [2.75, 3.05) is 29.4 Å². The smallest absolute Gasteiger partial charge is 0.252 e. The van der Waals surface area contributed by atoms with Gasteiger partial charge in [0.2, 0.25) is 5.91 Å². The summed E-state index contributed by atoms with van der Waals surface area (Å²) in [4.78, 5) is 36.1. The van der Waals surface area contributed by atoms with E-state index in [1.807, 2.05) is 70.5 Å².